The first-order valence-electron chi connectivity index (χ1n) is 7.01. The van der Waals surface area contributed by atoms with E-state index in [1.165, 1.54) is 12.1 Å². The van der Waals surface area contributed by atoms with Gasteiger partial charge in [-0.3, -0.25) is 10.1 Å². The van der Waals surface area contributed by atoms with Crippen molar-refractivity contribution in [2.45, 2.75) is 15.2 Å². The van der Waals surface area contributed by atoms with Crippen LogP contribution in [0.5, 0.6) is 0 Å². The molecule has 0 fully saturated rings. The van der Waals surface area contributed by atoms with Gasteiger partial charge in [0.25, 0.3) is 5.69 Å². The molecule has 0 heterocycles. The monoisotopic (exact) mass is 403 g/mol. The SMILES string of the molecule is O=[N+]([O-])c1ccc(S(=O)(=O)CC(Cl)CS(=O)(=O)c2ccccc2)cc1. The molecule has 7 nitrogen and oxygen atoms in total. The molecular weight excluding hydrogens is 390 g/mol. The molecule has 0 aliphatic carbocycles. The number of alkyl halides is 1. The normalized spacial score (nSPS) is 13.3. The number of hydrogen-bond donors (Lipinski definition) is 0. The lowest BCUT2D eigenvalue weighted by Gasteiger charge is -2.11. The van der Waals surface area contributed by atoms with E-state index in [0.717, 1.165) is 24.3 Å². The van der Waals surface area contributed by atoms with E-state index in [9.17, 15) is 26.9 Å². The minimum atomic E-state index is -3.88. The summed E-state index contributed by atoms with van der Waals surface area (Å²) in [6, 6.07) is 11.9. The number of sulfone groups is 2. The van der Waals surface area contributed by atoms with Crippen LogP contribution in [-0.2, 0) is 19.7 Å². The molecule has 0 aliphatic heterocycles. The van der Waals surface area contributed by atoms with Crippen LogP contribution < -0.4 is 0 Å². The van der Waals surface area contributed by atoms with E-state index in [4.69, 9.17) is 11.6 Å². The van der Waals surface area contributed by atoms with Gasteiger partial charge in [-0.2, -0.15) is 0 Å². The molecule has 0 amide bonds. The summed E-state index contributed by atoms with van der Waals surface area (Å²) in [4.78, 5) is 9.87. The van der Waals surface area contributed by atoms with Crippen molar-refractivity contribution in [3.63, 3.8) is 0 Å². The topological polar surface area (TPSA) is 111 Å². The third kappa shape index (κ3) is 5.00. The zero-order valence-electron chi connectivity index (χ0n) is 12.8. The third-order valence-electron chi connectivity index (χ3n) is 3.31. The number of rotatable bonds is 7. The maximum atomic E-state index is 12.3. The Morgan fingerprint density at radius 3 is 1.72 bits per heavy atom. The van der Waals surface area contributed by atoms with Crippen LogP contribution in [0.1, 0.15) is 0 Å². The summed E-state index contributed by atoms with van der Waals surface area (Å²) >= 11 is 5.96. The van der Waals surface area contributed by atoms with Gasteiger partial charge in [-0.15, -0.1) is 11.6 Å². The van der Waals surface area contributed by atoms with Gasteiger partial charge in [-0.1, -0.05) is 18.2 Å². The fourth-order valence-electron chi connectivity index (χ4n) is 2.12. The molecule has 0 radical (unpaired) electrons. The Morgan fingerprint density at radius 2 is 1.28 bits per heavy atom. The van der Waals surface area contributed by atoms with E-state index < -0.39 is 41.5 Å². The second kappa shape index (κ2) is 7.51. The molecule has 0 saturated heterocycles. The van der Waals surface area contributed by atoms with Crippen LogP contribution >= 0.6 is 11.6 Å². The Hall–Kier alpha value is -1.97. The molecule has 134 valence electrons. The van der Waals surface area contributed by atoms with Gasteiger partial charge in [0.05, 0.1) is 31.6 Å². The van der Waals surface area contributed by atoms with Crippen LogP contribution in [0.25, 0.3) is 0 Å². The molecule has 2 aromatic rings. The van der Waals surface area contributed by atoms with E-state index in [2.05, 4.69) is 0 Å². The smallest absolute Gasteiger partial charge is 0.258 e. The Morgan fingerprint density at radius 1 is 0.840 bits per heavy atom. The van der Waals surface area contributed by atoms with Crippen molar-refractivity contribution in [2.75, 3.05) is 11.5 Å². The summed E-state index contributed by atoms with van der Waals surface area (Å²) < 4.78 is 49.1. The number of nitrogens with zero attached hydrogens (tertiary/aromatic N) is 1. The average molecular weight is 404 g/mol. The van der Waals surface area contributed by atoms with Crippen LogP contribution in [0.2, 0.25) is 0 Å². The fraction of sp³-hybridized carbons (Fsp3) is 0.200. The molecule has 2 aromatic carbocycles. The van der Waals surface area contributed by atoms with Crippen molar-refractivity contribution in [3.05, 3.63) is 64.7 Å². The van der Waals surface area contributed by atoms with Crippen molar-refractivity contribution in [3.8, 4) is 0 Å². The summed E-state index contributed by atoms with van der Waals surface area (Å²) in [6.45, 7) is 0. The van der Waals surface area contributed by atoms with Crippen molar-refractivity contribution in [1.82, 2.24) is 0 Å². The maximum absolute atomic E-state index is 12.3. The van der Waals surface area contributed by atoms with Crippen LogP contribution in [0, 0.1) is 10.1 Å². The molecular formula is C15H14ClNO6S2. The van der Waals surface area contributed by atoms with Gasteiger partial charge in [-0.05, 0) is 24.3 Å². The summed E-state index contributed by atoms with van der Waals surface area (Å²) in [5, 5.41) is 9.44. The zero-order chi connectivity index (χ0) is 18.7. The number of nitro groups is 1. The van der Waals surface area contributed by atoms with E-state index in [1.807, 2.05) is 0 Å². The first kappa shape index (κ1) is 19.4. The van der Waals surface area contributed by atoms with Gasteiger partial charge in [0.2, 0.25) is 0 Å². The Bertz CT molecular complexity index is 957. The van der Waals surface area contributed by atoms with E-state index in [0.29, 0.717) is 0 Å². The largest absolute Gasteiger partial charge is 0.269 e. The molecule has 25 heavy (non-hydrogen) atoms. The fourth-order valence-corrected chi connectivity index (χ4v) is 5.96. The zero-order valence-corrected chi connectivity index (χ0v) is 15.2. The van der Waals surface area contributed by atoms with Crippen molar-refractivity contribution < 1.29 is 21.8 Å². The number of non-ortho nitro benzene ring substituents is 1. The molecule has 1 atom stereocenters. The molecule has 0 spiro atoms. The molecule has 1 unspecified atom stereocenters. The Kier molecular flexibility index (Phi) is 5.81. The molecule has 10 heteroatoms. The molecule has 0 saturated carbocycles. The highest BCUT2D eigenvalue weighted by Crippen LogP contribution is 2.20. The van der Waals surface area contributed by atoms with Crippen LogP contribution in [0.4, 0.5) is 5.69 Å². The molecule has 0 N–H and O–H groups in total. The Balaban J connectivity index is 2.13. The van der Waals surface area contributed by atoms with E-state index in [-0.39, 0.29) is 15.5 Å². The first-order chi connectivity index (χ1) is 11.6. The van der Waals surface area contributed by atoms with Crippen LogP contribution in [0.3, 0.4) is 0 Å². The Labute approximate surface area is 150 Å². The van der Waals surface area contributed by atoms with Gasteiger partial charge < -0.3 is 0 Å². The number of halogens is 1. The third-order valence-corrected chi connectivity index (χ3v) is 7.65. The highest BCUT2D eigenvalue weighted by molar-refractivity contribution is 7.92. The van der Waals surface area contributed by atoms with E-state index >= 15 is 0 Å². The van der Waals surface area contributed by atoms with Crippen molar-refractivity contribution >= 4 is 37.0 Å². The standard InChI is InChI=1S/C15H14ClNO6S2/c16-12(10-24(20,21)14-4-2-1-3-5-14)11-25(22,23)15-8-6-13(7-9-15)17(18)19/h1-9,12H,10-11H2. The number of hydrogen-bond acceptors (Lipinski definition) is 6. The quantitative estimate of drug-likeness (QED) is 0.398. The number of nitro benzene ring substituents is 1. The molecule has 0 aromatic heterocycles. The first-order valence-corrected chi connectivity index (χ1v) is 10.7. The lowest BCUT2D eigenvalue weighted by atomic mass is 10.3. The van der Waals surface area contributed by atoms with Gasteiger partial charge in [-0.25, -0.2) is 16.8 Å². The predicted octanol–water partition coefficient (Wildman–Crippen LogP) is 2.45. The van der Waals surface area contributed by atoms with Crippen LogP contribution in [-0.4, -0.2) is 38.6 Å². The van der Waals surface area contributed by atoms with Gasteiger partial charge in [0.15, 0.2) is 19.7 Å². The van der Waals surface area contributed by atoms with E-state index in [1.54, 1.807) is 18.2 Å². The second-order valence-corrected chi connectivity index (χ2v) is 9.91. The van der Waals surface area contributed by atoms with Gasteiger partial charge in [0.1, 0.15) is 0 Å². The molecule has 0 bridgehead atoms. The highest BCUT2D eigenvalue weighted by atomic mass is 35.5. The second-order valence-electron chi connectivity index (χ2n) is 5.22. The van der Waals surface area contributed by atoms with Gasteiger partial charge >= 0.3 is 0 Å². The maximum Gasteiger partial charge on any atom is 0.269 e. The lowest BCUT2D eigenvalue weighted by molar-refractivity contribution is -0.384. The summed E-state index contributed by atoms with van der Waals surface area (Å²) in [6.07, 6.45) is 0. The van der Waals surface area contributed by atoms with Crippen LogP contribution in [0.15, 0.2) is 64.4 Å². The lowest BCUT2D eigenvalue weighted by Crippen LogP contribution is -2.24. The minimum absolute atomic E-state index is 0.0633. The average Bonchev–Trinajstić information content (AvgIpc) is 2.54. The van der Waals surface area contributed by atoms with Crippen molar-refractivity contribution in [1.29, 1.82) is 0 Å². The number of benzene rings is 2. The molecule has 2 rings (SSSR count). The minimum Gasteiger partial charge on any atom is -0.258 e. The summed E-state index contributed by atoms with van der Waals surface area (Å²) in [7, 11) is -7.59. The molecule has 0 aliphatic rings. The van der Waals surface area contributed by atoms with Crippen molar-refractivity contribution in [2.24, 2.45) is 0 Å². The summed E-state index contributed by atoms with van der Waals surface area (Å²) in [5.74, 6) is -1.14. The summed E-state index contributed by atoms with van der Waals surface area (Å²) in [5.41, 5.74) is -0.243. The highest BCUT2D eigenvalue weighted by Gasteiger charge is 2.26. The van der Waals surface area contributed by atoms with Gasteiger partial charge in [0, 0.05) is 12.1 Å². The predicted molar refractivity (Wildman–Crippen MR) is 93.3 cm³/mol.